The van der Waals surface area contributed by atoms with E-state index >= 15 is 0 Å². The van der Waals surface area contributed by atoms with Gasteiger partial charge in [-0.2, -0.15) is 10.2 Å². The van der Waals surface area contributed by atoms with Crippen molar-refractivity contribution in [1.29, 1.82) is 0 Å². The lowest BCUT2D eigenvalue weighted by atomic mass is 10.0. The number of aliphatic hydroxyl groups excluding tert-OH is 1. The SMILES string of the molecule is Cn1nc(-c2ccc3c(c2)OCCC3O)nc1Cc1ccc2[nH]ncc2c1Cl. The molecule has 5 rings (SSSR count). The van der Waals surface area contributed by atoms with Gasteiger partial charge in [0.15, 0.2) is 5.82 Å². The molecule has 2 aromatic carbocycles. The summed E-state index contributed by atoms with van der Waals surface area (Å²) in [5, 5.41) is 23.2. The quantitative estimate of drug-likeness (QED) is 0.555. The summed E-state index contributed by atoms with van der Waals surface area (Å²) in [5.41, 5.74) is 3.54. The predicted octanol–water partition coefficient (Wildman–Crippen LogP) is 3.42. The minimum absolute atomic E-state index is 0.481. The van der Waals surface area contributed by atoms with Gasteiger partial charge >= 0.3 is 0 Å². The van der Waals surface area contributed by atoms with E-state index in [4.69, 9.17) is 21.3 Å². The van der Waals surface area contributed by atoms with E-state index in [1.165, 1.54) is 0 Å². The van der Waals surface area contributed by atoms with E-state index in [9.17, 15) is 5.11 Å². The molecule has 1 atom stereocenters. The molecule has 2 aromatic heterocycles. The summed E-state index contributed by atoms with van der Waals surface area (Å²) in [4.78, 5) is 4.70. The average molecular weight is 396 g/mol. The van der Waals surface area contributed by atoms with E-state index in [0.29, 0.717) is 36.0 Å². The van der Waals surface area contributed by atoms with Crippen molar-refractivity contribution in [3.63, 3.8) is 0 Å². The first kappa shape index (κ1) is 17.2. The second-order valence-corrected chi connectivity index (χ2v) is 7.31. The highest BCUT2D eigenvalue weighted by molar-refractivity contribution is 6.36. The molecule has 1 unspecified atom stereocenters. The van der Waals surface area contributed by atoms with Gasteiger partial charge in [-0.25, -0.2) is 4.98 Å². The van der Waals surface area contributed by atoms with Crippen LogP contribution < -0.4 is 4.74 Å². The molecule has 4 aromatic rings. The van der Waals surface area contributed by atoms with Crippen LogP contribution in [0.2, 0.25) is 5.02 Å². The third-order valence-electron chi connectivity index (χ3n) is 5.12. The summed E-state index contributed by atoms with van der Waals surface area (Å²) < 4.78 is 7.45. The lowest BCUT2D eigenvalue weighted by Gasteiger charge is -2.22. The van der Waals surface area contributed by atoms with Gasteiger partial charge in [0.2, 0.25) is 0 Å². The van der Waals surface area contributed by atoms with E-state index in [-0.39, 0.29) is 0 Å². The lowest BCUT2D eigenvalue weighted by Crippen LogP contribution is -2.13. The smallest absolute Gasteiger partial charge is 0.181 e. The molecule has 0 saturated carbocycles. The van der Waals surface area contributed by atoms with Gasteiger partial charge in [-0.3, -0.25) is 9.78 Å². The summed E-state index contributed by atoms with van der Waals surface area (Å²) in [6.45, 7) is 0.507. The fourth-order valence-corrected chi connectivity index (χ4v) is 3.82. The van der Waals surface area contributed by atoms with Crippen LogP contribution in [0.25, 0.3) is 22.3 Å². The molecule has 0 radical (unpaired) electrons. The van der Waals surface area contributed by atoms with Crippen LogP contribution in [-0.2, 0) is 13.5 Å². The molecule has 7 nitrogen and oxygen atoms in total. The minimum Gasteiger partial charge on any atom is -0.493 e. The number of aliphatic hydroxyl groups is 1. The first-order valence-electron chi connectivity index (χ1n) is 9.05. The Bertz CT molecular complexity index is 1180. The van der Waals surface area contributed by atoms with Gasteiger partial charge < -0.3 is 9.84 Å². The van der Waals surface area contributed by atoms with Gasteiger partial charge in [0.05, 0.1) is 29.4 Å². The Morgan fingerprint density at radius 2 is 2.21 bits per heavy atom. The van der Waals surface area contributed by atoms with Crippen LogP contribution in [0.1, 0.15) is 29.5 Å². The van der Waals surface area contributed by atoms with Gasteiger partial charge in [-0.15, -0.1) is 0 Å². The fraction of sp³-hybridized carbons (Fsp3) is 0.250. The van der Waals surface area contributed by atoms with Gasteiger partial charge in [-0.1, -0.05) is 29.8 Å². The summed E-state index contributed by atoms with van der Waals surface area (Å²) in [5.74, 6) is 2.11. The summed E-state index contributed by atoms with van der Waals surface area (Å²) >= 11 is 6.54. The number of rotatable bonds is 3. The number of aromatic nitrogens is 5. The van der Waals surface area contributed by atoms with Crippen molar-refractivity contribution >= 4 is 22.5 Å². The fourth-order valence-electron chi connectivity index (χ4n) is 3.54. The maximum Gasteiger partial charge on any atom is 0.181 e. The number of benzene rings is 2. The van der Waals surface area contributed by atoms with Crippen LogP contribution in [0.5, 0.6) is 5.75 Å². The largest absolute Gasteiger partial charge is 0.493 e. The van der Waals surface area contributed by atoms with Gasteiger partial charge in [0.25, 0.3) is 0 Å². The maximum atomic E-state index is 10.1. The van der Waals surface area contributed by atoms with Crippen molar-refractivity contribution in [3.8, 4) is 17.1 Å². The van der Waals surface area contributed by atoms with Crippen molar-refractivity contribution in [1.82, 2.24) is 25.0 Å². The average Bonchev–Trinajstić information content (AvgIpc) is 3.31. The molecule has 0 spiro atoms. The predicted molar refractivity (Wildman–Crippen MR) is 105 cm³/mol. The summed E-state index contributed by atoms with van der Waals surface area (Å²) in [6, 6.07) is 9.63. The number of fused-ring (bicyclic) bond motifs is 2. The molecule has 0 bridgehead atoms. The molecular formula is C20H18ClN5O2. The number of halogens is 1. The van der Waals surface area contributed by atoms with Crippen LogP contribution in [0.15, 0.2) is 36.5 Å². The molecule has 3 heterocycles. The number of aryl methyl sites for hydroxylation is 1. The molecule has 142 valence electrons. The second kappa shape index (κ2) is 6.61. The second-order valence-electron chi connectivity index (χ2n) is 6.93. The van der Waals surface area contributed by atoms with Crippen LogP contribution in [0.3, 0.4) is 0 Å². The van der Waals surface area contributed by atoms with Crippen molar-refractivity contribution in [2.24, 2.45) is 7.05 Å². The molecule has 1 aliphatic heterocycles. The normalized spacial score (nSPS) is 16.2. The van der Waals surface area contributed by atoms with E-state index < -0.39 is 6.10 Å². The van der Waals surface area contributed by atoms with E-state index in [1.807, 2.05) is 37.4 Å². The van der Waals surface area contributed by atoms with Crippen molar-refractivity contribution in [3.05, 3.63) is 58.5 Å². The Balaban J connectivity index is 1.48. The first-order chi connectivity index (χ1) is 13.6. The topological polar surface area (TPSA) is 88.9 Å². The zero-order valence-electron chi connectivity index (χ0n) is 15.2. The zero-order chi connectivity index (χ0) is 19.3. The summed E-state index contributed by atoms with van der Waals surface area (Å²) in [7, 11) is 1.87. The number of aromatic amines is 1. The monoisotopic (exact) mass is 395 g/mol. The van der Waals surface area contributed by atoms with E-state index in [1.54, 1.807) is 10.9 Å². The Morgan fingerprint density at radius 1 is 1.32 bits per heavy atom. The van der Waals surface area contributed by atoms with E-state index in [2.05, 4.69) is 15.3 Å². The van der Waals surface area contributed by atoms with E-state index in [0.717, 1.165) is 33.4 Å². The number of H-pyrrole nitrogens is 1. The van der Waals surface area contributed by atoms with Crippen molar-refractivity contribution in [2.45, 2.75) is 18.9 Å². The van der Waals surface area contributed by atoms with Crippen LogP contribution >= 0.6 is 11.6 Å². The highest BCUT2D eigenvalue weighted by Crippen LogP contribution is 2.35. The van der Waals surface area contributed by atoms with Crippen LogP contribution in [0, 0.1) is 0 Å². The Hall–Kier alpha value is -2.90. The minimum atomic E-state index is -0.481. The van der Waals surface area contributed by atoms with Gasteiger partial charge in [0.1, 0.15) is 11.6 Å². The molecule has 0 fully saturated rings. The Morgan fingerprint density at radius 3 is 3.11 bits per heavy atom. The molecular weight excluding hydrogens is 378 g/mol. The van der Waals surface area contributed by atoms with Crippen LogP contribution in [0.4, 0.5) is 0 Å². The number of hydrogen-bond acceptors (Lipinski definition) is 5. The molecule has 0 amide bonds. The maximum absolute atomic E-state index is 10.1. The van der Waals surface area contributed by atoms with Crippen LogP contribution in [-0.4, -0.2) is 36.7 Å². The first-order valence-corrected chi connectivity index (χ1v) is 9.43. The highest BCUT2D eigenvalue weighted by atomic mass is 35.5. The molecule has 8 heteroatoms. The lowest BCUT2D eigenvalue weighted by molar-refractivity contribution is 0.115. The Labute approximate surface area is 165 Å². The van der Waals surface area contributed by atoms with Gasteiger partial charge in [0, 0.05) is 36.4 Å². The Kier molecular flexibility index (Phi) is 4.07. The zero-order valence-corrected chi connectivity index (χ0v) is 15.9. The number of hydrogen-bond donors (Lipinski definition) is 2. The molecule has 0 saturated heterocycles. The third kappa shape index (κ3) is 2.83. The number of nitrogens with one attached hydrogen (secondary N) is 1. The third-order valence-corrected chi connectivity index (χ3v) is 5.57. The summed E-state index contributed by atoms with van der Waals surface area (Å²) in [6.07, 6.45) is 2.42. The van der Waals surface area contributed by atoms with Crippen molar-refractivity contribution < 1.29 is 9.84 Å². The number of nitrogens with zero attached hydrogens (tertiary/aromatic N) is 4. The van der Waals surface area contributed by atoms with Crippen molar-refractivity contribution in [2.75, 3.05) is 6.61 Å². The number of ether oxygens (including phenoxy) is 1. The highest BCUT2D eigenvalue weighted by Gasteiger charge is 2.21. The van der Waals surface area contributed by atoms with Gasteiger partial charge in [-0.05, 0) is 17.7 Å². The molecule has 0 aliphatic carbocycles. The molecule has 28 heavy (non-hydrogen) atoms. The molecule has 2 N–H and O–H groups in total. The standard InChI is InChI=1S/C20H18ClN5O2/c1-26-18(9-11-3-5-15-14(19(11)21)10-22-24-15)23-20(25-26)12-2-4-13-16(27)6-7-28-17(13)8-12/h2-5,8,10,16,27H,6-7,9H2,1H3,(H,22,24). The molecule has 1 aliphatic rings.